The predicted molar refractivity (Wildman–Crippen MR) is 99.2 cm³/mol. The lowest BCUT2D eigenvalue weighted by Crippen LogP contribution is -2.57. The second-order valence-electron chi connectivity index (χ2n) is 5.18. The Morgan fingerprint density at radius 2 is 1.43 bits per heavy atom. The molecule has 0 saturated heterocycles. The van der Waals surface area contributed by atoms with Gasteiger partial charge in [-0.25, -0.2) is 0 Å². The van der Waals surface area contributed by atoms with Gasteiger partial charge < -0.3 is 0 Å². The summed E-state index contributed by atoms with van der Waals surface area (Å²) in [6, 6.07) is 23.0. The Bertz CT molecular complexity index is 556. The lowest BCUT2D eigenvalue weighted by molar-refractivity contribution is 0.875. The van der Waals surface area contributed by atoms with Crippen molar-refractivity contribution in [3.05, 3.63) is 60.7 Å². The Balaban J connectivity index is 2.59. The van der Waals surface area contributed by atoms with Crippen LogP contribution in [0.15, 0.2) is 60.7 Å². The first-order valence-corrected chi connectivity index (χ1v) is 10.8. The molecule has 0 aliphatic carbocycles. The molecule has 0 nitrogen and oxygen atoms in total. The Kier molecular flexibility index (Phi) is 6.29. The first-order valence-electron chi connectivity index (χ1n) is 7.50. The Labute approximate surface area is 137 Å². The number of rotatable bonds is 5. The summed E-state index contributed by atoms with van der Waals surface area (Å²) >= 11 is 3.46. The first kappa shape index (κ1) is 16.1. The maximum Gasteiger partial charge on any atom is 0.199 e. The molecule has 2 aromatic rings. The van der Waals surface area contributed by atoms with E-state index in [1.807, 2.05) is 0 Å². The molecule has 0 aliphatic heterocycles. The maximum atomic E-state index is 3.69. The highest BCUT2D eigenvalue weighted by atomic mass is 79.9. The number of hydrogen-bond acceptors (Lipinski definition) is 0. The molecule has 0 spiro atoms. The van der Waals surface area contributed by atoms with Crippen LogP contribution in [0, 0.1) is 11.5 Å². The quantitative estimate of drug-likeness (QED) is 0.431. The molecule has 0 heterocycles. The van der Waals surface area contributed by atoms with E-state index in [0.717, 1.165) is 5.33 Å². The fourth-order valence-electron chi connectivity index (χ4n) is 2.73. The summed E-state index contributed by atoms with van der Waals surface area (Å²) in [5, 5.41) is 3.60. The Morgan fingerprint density at radius 3 is 1.86 bits per heavy atom. The van der Waals surface area contributed by atoms with Gasteiger partial charge in [0.1, 0.15) is 0 Å². The van der Waals surface area contributed by atoms with Gasteiger partial charge in [-0.3, -0.25) is 0 Å². The summed E-state index contributed by atoms with van der Waals surface area (Å²) in [5.41, 5.74) is 3.69. The lowest BCUT2D eigenvalue weighted by Gasteiger charge is -2.27. The number of alkyl halides is 1. The van der Waals surface area contributed by atoms with Crippen LogP contribution < -0.4 is 10.4 Å². The highest BCUT2D eigenvalue weighted by Gasteiger charge is 2.35. The van der Waals surface area contributed by atoms with Crippen molar-refractivity contribution in [2.75, 3.05) is 5.33 Å². The molecule has 0 saturated carbocycles. The van der Waals surface area contributed by atoms with Crippen LogP contribution in [0.5, 0.6) is 0 Å². The summed E-state index contributed by atoms with van der Waals surface area (Å²) in [6.07, 6.45) is 2.44. The van der Waals surface area contributed by atoms with Gasteiger partial charge in [-0.15, -0.1) is 5.54 Å². The van der Waals surface area contributed by atoms with Gasteiger partial charge in [0.15, 0.2) is 8.07 Å². The van der Waals surface area contributed by atoms with Crippen molar-refractivity contribution < 1.29 is 0 Å². The molecule has 2 heteroatoms. The molecule has 108 valence electrons. The third kappa shape index (κ3) is 3.87. The second-order valence-corrected chi connectivity index (χ2v) is 9.45. The minimum absolute atomic E-state index is 0.744. The van der Waals surface area contributed by atoms with Crippen molar-refractivity contribution in [2.24, 2.45) is 0 Å². The van der Waals surface area contributed by atoms with E-state index < -0.39 is 8.07 Å². The van der Waals surface area contributed by atoms with Gasteiger partial charge >= 0.3 is 0 Å². The van der Waals surface area contributed by atoms with Crippen molar-refractivity contribution in [2.45, 2.75) is 25.8 Å². The van der Waals surface area contributed by atoms with E-state index >= 15 is 0 Å². The molecule has 2 rings (SSSR count). The summed E-state index contributed by atoms with van der Waals surface area (Å²) < 4.78 is 0. The zero-order valence-electron chi connectivity index (χ0n) is 12.5. The Morgan fingerprint density at radius 1 is 0.905 bits per heavy atom. The van der Waals surface area contributed by atoms with Crippen LogP contribution in [0.1, 0.15) is 19.8 Å². The summed E-state index contributed by atoms with van der Waals surface area (Å²) in [7, 11) is -1.98. The number of halogens is 1. The maximum absolute atomic E-state index is 3.69. The molecule has 0 atom stereocenters. The van der Waals surface area contributed by atoms with Crippen LogP contribution in [-0.2, 0) is 0 Å². The van der Waals surface area contributed by atoms with Gasteiger partial charge in [0.25, 0.3) is 0 Å². The van der Waals surface area contributed by atoms with E-state index in [1.165, 1.54) is 29.3 Å². The van der Waals surface area contributed by atoms with Gasteiger partial charge in [-0.2, -0.15) is 0 Å². The summed E-state index contributed by atoms with van der Waals surface area (Å²) in [6.45, 7) is 2.26. The van der Waals surface area contributed by atoms with E-state index in [4.69, 9.17) is 0 Å². The van der Waals surface area contributed by atoms with E-state index in [2.05, 4.69) is 95.0 Å². The third-order valence-corrected chi connectivity index (χ3v) is 8.43. The van der Waals surface area contributed by atoms with Crippen LogP contribution in [0.2, 0.25) is 6.04 Å². The lowest BCUT2D eigenvalue weighted by atomic mass is 10.4. The normalized spacial score (nSPS) is 10.8. The molecule has 0 aromatic heterocycles. The van der Waals surface area contributed by atoms with Crippen LogP contribution in [-0.4, -0.2) is 13.4 Å². The van der Waals surface area contributed by atoms with Gasteiger partial charge in [0.2, 0.25) is 0 Å². The summed E-state index contributed by atoms with van der Waals surface area (Å²) in [5.74, 6) is 3.32. The average molecular weight is 357 g/mol. The van der Waals surface area contributed by atoms with E-state index in [1.54, 1.807) is 0 Å². The zero-order chi connectivity index (χ0) is 15.0. The predicted octanol–water partition coefficient (Wildman–Crippen LogP) is 3.99. The van der Waals surface area contributed by atoms with Gasteiger partial charge in [0, 0.05) is 0 Å². The SMILES string of the molecule is CCCC[Si](C#CCBr)(c1ccccc1)c1ccccc1. The second kappa shape index (κ2) is 8.22. The minimum atomic E-state index is -1.98. The molecular formula is C19H21BrSi. The third-order valence-electron chi connectivity index (χ3n) is 3.81. The van der Waals surface area contributed by atoms with Crippen LogP contribution in [0.25, 0.3) is 0 Å². The van der Waals surface area contributed by atoms with E-state index in [9.17, 15) is 0 Å². The summed E-state index contributed by atoms with van der Waals surface area (Å²) in [4.78, 5) is 0. The topological polar surface area (TPSA) is 0 Å². The smallest absolute Gasteiger partial charge is 0.119 e. The number of benzene rings is 2. The molecule has 21 heavy (non-hydrogen) atoms. The number of hydrogen-bond donors (Lipinski definition) is 0. The molecular weight excluding hydrogens is 336 g/mol. The Hall–Kier alpha value is -1.30. The number of unbranched alkanes of at least 4 members (excludes halogenated alkanes) is 1. The molecule has 0 fully saturated rings. The van der Waals surface area contributed by atoms with E-state index in [0.29, 0.717) is 0 Å². The highest BCUT2D eigenvalue weighted by molar-refractivity contribution is 9.09. The molecule has 2 aromatic carbocycles. The molecule has 0 amide bonds. The fourth-order valence-corrected chi connectivity index (χ4v) is 7.25. The minimum Gasteiger partial charge on any atom is -0.119 e. The molecule has 0 N–H and O–H groups in total. The van der Waals surface area contributed by atoms with Crippen molar-refractivity contribution in [1.29, 1.82) is 0 Å². The standard InChI is InChI=1S/C19H21BrSi/c1-2-3-16-21(17-10-15-20,18-11-6-4-7-12-18)19-13-8-5-9-14-19/h4-9,11-14H,2-3,15-16H2,1H3. The highest BCUT2D eigenvalue weighted by Crippen LogP contribution is 2.15. The van der Waals surface area contributed by atoms with Gasteiger partial charge in [-0.05, 0) is 16.4 Å². The first-order chi connectivity index (χ1) is 10.3. The average Bonchev–Trinajstić information content (AvgIpc) is 2.57. The molecule has 0 aliphatic rings. The molecule has 0 unspecified atom stereocenters. The van der Waals surface area contributed by atoms with Gasteiger partial charge in [0.05, 0.1) is 5.33 Å². The zero-order valence-corrected chi connectivity index (χ0v) is 15.1. The van der Waals surface area contributed by atoms with Crippen molar-refractivity contribution in [1.82, 2.24) is 0 Å². The van der Waals surface area contributed by atoms with Crippen molar-refractivity contribution in [3.8, 4) is 11.5 Å². The van der Waals surface area contributed by atoms with Gasteiger partial charge in [-0.1, -0.05) is 102 Å². The van der Waals surface area contributed by atoms with Crippen LogP contribution in [0.4, 0.5) is 0 Å². The van der Waals surface area contributed by atoms with Crippen molar-refractivity contribution >= 4 is 34.4 Å². The monoisotopic (exact) mass is 356 g/mol. The molecule has 0 radical (unpaired) electrons. The fraction of sp³-hybridized carbons (Fsp3) is 0.263. The van der Waals surface area contributed by atoms with Crippen LogP contribution in [0.3, 0.4) is 0 Å². The largest absolute Gasteiger partial charge is 0.199 e. The van der Waals surface area contributed by atoms with E-state index in [-0.39, 0.29) is 0 Å². The van der Waals surface area contributed by atoms with Crippen LogP contribution >= 0.6 is 15.9 Å². The van der Waals surface area contributed by atoms with Crippen molar-refractivity contribution in [3.63, 3.8) is 0 Å². The molecule has 0 bridgehead atoms.